The predicted molar refractivity (Wildman–Crippen MR) is 55.9 cm³/mol. The largest absolute Gasteiger partial charge is 0.481 e. The number of rotatable bonds is 2. The van der Waals surface area contributed by atoms with Crippen molar-refractivity contribution in [2.75, 3.05) is 13.2 Å². The Hall–Kier alpha value is -1.10. The van der Waals surface area contributed by atoms with Crippen LogP contribution in [-0.4, -0.2) is 47.2 Å². The predicted octanol–water partition coefficient (Wildman–Crippen LogP) is 0.487. The molecule has 3 atom stereocenters. The molecule has 0 aromatic rings. The van der Waals surface area contributed by atoms with E-state index in [4.69, 9.17) is 9.84 Å². The minimum Gasteiger partial charge on any atom is -0.481 e. The summed E-state index contributed by atoms with van der Waals surface area (Å²) < 4.78 is 5.33. The van der Waals surface area contributed by atoms with Crippen LogP contribution in [0.5, 0.6) is 0 Å². The van der Waals surface area contributed by atoms with E-state index in [0.29, 0.717) is 19.6 Å². The molecule has 2 fully saturated rings. The number of hydrogen-bond acceptors (Lipinski definition) is 3. The van der Waals surface area contributed by atoms with Gasteiger partial charge in [0.25, 0.3) is 5.91 Å². The van der Waals surface area contributed by atoms with E-state index in [0.717, 1.165) is 12.8 Å². The van der Waals surface area contributed by atoms with Crippen molar-refractivity contribution in [3.05, 3.63) is 0 Å². The van der Waals surface area contributed by atoms with Crippen LogP contribution in [0.15, 0.2) is 0 Å². The minimum absolute atomic E-state index is 0.0336. The zero-order valence-electron chi connectivity index (χ0n) is 9.39. The molecule has 1 N–H and O–H groups in total. The fourth-order valence-corrected chi connectivity index (χ4v) is 2.54. The van der Waals surface area contributed by atoms with Crippen LogP contribution in [0.1, 0.15) is 26.2 Å². The highest BCUT2D eigenvalue weighted by Gasteiger charge is 2.40. The molecule has 16 heavy (non-hydrogen) atoms. The molecule has 2 saturated heterocycles. The number of carbonyl (C=O) groups excluding carboxylic acids is 1. The minimum atomic E-state index is -0.810. The van der Waals surface area contributed by atoms with Crippen molar-refractivity contribution >= 4 is 11.9 Å². The Morgan fingerprint density at radius 1 is 1.38 bits per heavy atom. The van der Waals surface area contributed by atoms with E-state index in [1.165, 1.54) is 0 Å². The third-order valence-corrected chi connectivity index (χ3v) is 3.56. The molecule has 0 saturated carbocycles. The monoisotopic (exact) mass is 227 g/mol. The first-order chi connectivity index (χ1) is 7.61. The Morgan fingerprint density at radius 3 is 2.62 bits per heavy atom. The molecule has 2 aliphatic heterocycles. The molecule has 1 amide bonds. The van der Waals surface area contributed by atoms with Gasteiger partial charge in [0.05, 0.1) is 5.92 Å². The molecular weight excluding hydrogens is 210 g/mol. The van der Waals surface area contributed by atoms with Crippen molar-refractivity contribution in [3.63, 3.8) is 0 Å². The van der Waals surface area contributed by atoms with Gasteiger partial charge >= 0.3 is 5.97 Å². The van der Waals surface area contributed by atoms with Gasteiger partial charge in [0.15, 0.2) is 0 Å². The summed E-state index contributed by atoms with van der Waals surface area (Å²) in [5, 5.41) is 8.98. The van der Waals surface area contributed by atoms with E-state index in [-0.39, 0.29) is 18.1 Å². The lowest BCUT2D eigenvalue weighted by Crippen LogP contribution is -2.43. The summed E-state index contributed by atoms with van der Waals surface area (Å²) in [5.41, 5.74) is 0. The lowest BCUT2D eigenvalue weighted by atomic mass is 10.0. The van der Waals surface area contributed by atoms with Crippen LogP contribution in [0.4, 0.5) is 0 Å². The Morgan fingerprint density at radius 2 is 2.12 bits per heavy atom. The van der Waals surface area contributed by atoms with Crippen molar-refractivity contribution in [1.82, 2.24) is 4.90 Å². The van der Waals surface area contributed by atoms with Gasteiger partial charge in [-0.15, -0.1) is 0 Å². The highest BCUT2D eigenvalue weighted by molar-refractivity contribution is 5.83. The van der Waals surface area contributed by atoms with Gasteiger partial charge in [-0.25, -0.2) is 0 Å². The summed E-state index contributed by atoms with van der Waals surface area (Å²) in [6, 6.07) is -0.214. The van der Waals surface area contributed by atoms with Crippen LogP contribution in [0.3, 0.4) is 0 Å². The molecule has 0 radical (unpaired) electrons. The van der Waals surface area contributed by atoms with E-state index >= 15 is 0 Å². The summed E-state index contributed by atoms with van der Waals surface area (Å²) in [4.78, 5) is 24.6. The smallest absolute Gasteiger partial charge is 0.308 e. The molecule has 0 aromatic heterocycles. The number of carboxylic acid groups (broad SMARTS) is 1. The number of likely N-dealkylation sites (tertiary alicyclic amines) is 1. The van der Waals surface area contributed by atoms with Crippen LogP contribution < -0.4 is 0 Å². The van der Waals surface area contributed by atoms with Crippen molar-refractivity contribution in [3.8, 4) is 0 Å². The van der Waals surface area contributed by atoms with Crippen LogP contribution in [0.2, 0.25) is 0 Å². The van der Waals surface area contributed by atoms with Crippen LogP contribution in [-0.2, 0) is 14.3 Å². The first kappa shape index (κ1) is 11.4. The van der Waals surface area contributed by atoms with Gasteiger partial charge in [0.1, 0.15) is 6.10 Å². The van der Waals surface area contributed by atoms with Gasteiger partial charge in [0.2, 0.25) is 0 Å². The highest BCUT2D eigenvalue weighted by atomic mass is 16.5. The van der Waals surface area contributed by atoms with Crippen LogP contribution in [0.25, 0.3) is 0 Å². The maximum atomic E-state index is 12.0. The first-order valence-electron chi connectivity index (χ1n) is 5.76. The lowest BCUT2D eigenvalue weighted by molar-refractivity contribution is -0.145. The Balaban J connectivity index is 2.00. The van der Waals surface area contributed by atoms with Crippen molar-refractivity contribution in [2.45, 2.75) is 38.3 Å². The maximum absolute atomic E-state index is 12.0. The second-order valence-electron chi connectivity index (χ2n) is 4.51. The molecular formula is C11H17NO4. The van der Waals surface area contributed by atoms with Gasteiger partial charge in [-0.3, -0.25) is 9.59 Å². The Kier molecular flexibility index (Phi) is 3.14. The molecule has 2 unspecified atom stereocenters. The summed E-state index contributed by atoms with van der Waals surface area (Å²) in [7, 11) is 0. The summed E-state index contributed by atoms with van der Waals surface area (Å²) in [6.45, 7) is 2.98. The molecule has 2 heterocycles. The quantitative estimate of drug-likeness (QED) is 0.745. The zero-order chi connectivity index (χ0) is 11.7. The van der Waals surface area contributed by atoms with Gasteiger partial charge in [-0.2, -0.15) is 0 Å². The standard InChI is InChI=1S/C11H17NO4/c1-7-8(11(14)15)4-5-12(7)10(13)9-3-2-6-16-9/h7-9H,2-6H2,1H3,(H,14,15)/t7?,8?,9-/m1/s1. The van der Waals surface area contributed by atoms with E-state index in [9.17, 15) is 9.59 Å². The molecule has 5 heteroatoms. The normalized spacial score (nSPS) is 34.3. The van der Waals surface area contributed by atoms with E-state index in [1.807, 2.05) is 0 Å². The molecule has 0 aliphatic carbocycles. The topological polar surface area (TPSA) is 66.8 Å². The van der Waals surface area contributed by atoms with Gasteiger partial charge in [-0.05, 0) is 26.2 Å². The van der Waals surface area contributed by atoms with Crippen molar-refractivity contribution < 1.29 is 19.4 Å². The van der Waals surface area contributed by atoms with Crippen molar-refractivity contribution in [2.24, 2.45) is 5.92 Å². The molecule has 0 spiro atoms. The van der Waals surface area contributed by atoms with Crippen LogP contribution >= 0.6 is 0 Å². The molecule has 90 valence electrons. The van der Waals surface area contributed by atoms with E-state index in [2.05, 4.69) is 0 Å². The van der Waals surface area contributed by atoms with E-state index in [1.54, 1.807) is 11.8 Å². The fraction of sp³-hybridized carbons (Fsp3) is 0.818. The van der Waals surface area contributed by atoms with Crippen molar-refractivity contribution in [1.29, 1.82) is 0 Å². The number of hydrogen-bond donors (Lipinski definition) is 1. The SMILES string of the molecule is CC1C(C(=O)O)CCN1C(=O)[C@H]1CCCO1. The maximum Gasteiger partial charge on any atom is 0.308 e. The van der Waals surface area contributed by atoms with E-state index < -0.39 is 11.9 Å². The van der Waals surface area contributed by atoms with Gasteiger partial charge in [0, 0.05) is 19.2 Å². The number of ether oxygens (including phenoxy) is 1. The number of carboxylic acids is 1. The summed E-state index contributed by atoms with van der Waals surface area (Å²) >= 11 is 0. The number of amides is 1. The second kappa shape index (κ2) is 4.41. The molecule has 2 aliphatic rings. The molecule has 0 aromatic carbocycles. The highest BCUT2D eigenvalue weighted by Crippen LogP contribution is 2.27. The average molecular weight is 227 g/mol. The zero-order valence-corrected chi connectivity index (χ0v) is 9.39. The molecule has 5 nitrogen and oxygen atoms in total. The van der Waals surface area contributed by atoms with Crippen LogP contribution in [0, 0.1) is 5.92 Å². The number of nitrogens with zero attached hydrogens (tertiary/aromatic N) is 1. The van der Waals surface area contributed by atoms with Gasteiger partial charge < -0.3 is 14.7 Å². The molecule has 2 rings (SSSR count). The summed E-state index contributed by atoms with van der Waals surface area (Å²) in [6.07, 6.45) is 1.89. The Labute approximate surface area is 94.4 Å². The third-order valence-electron chi connectivity index (χ3n) is 3.56. The molecule has 0 bridgehead atoms. The second-order valence-corrected chi connectivity index (χ2v) is 4.51. The fourth-order valence-electron chi connectivity index (χ4n) is 2.54. The average Bonchev–Trinajstić information content (AvgIpc) is 2.84. The van der Waals surface area contributed by atoms with Gasteiger partial charge in [-0.1, -0.05) is 0 Å². The third kappa shape index (κ3) is 1.91. The first-order valence-corrected chi connectivity index (χ1v) is 5.76. The number of carbonyl (C=O) groups is 2. The number of aliphatic carboxylic acids is 1. The summed E-state index contributed by atoms with van der Waals surface area (Å²) in [5.74, 6) is -1.27. The lowest BCUT2D eigenvalue weighted by Gasteiger charge is -2.25. The Bertz CT molecular complexity index is 298.